The van der Waals surface area contributed by atoms with Crippen LogP contribution in [0.4, 0.5) is 13.2 Å². The Kier molecular flexibility index (Phi) is 3.79. The molecule has 1 aromatic carbocycles. The summed E-state index contributed by atoms with van der Waals surface area (Å²) in [6, 6.07) is 4.86. The lowest BCUT2D eigenvalue weighted by Crippen LogP contribution is -2.23. The first kappa shape index (κ1) is 13.1. The van der Waals surface area contributed by atoms with Gasteiger partial charge in [0.1, 0.15) is 0 Å². The van der Waals surface area contributed by atoms with Gasteiger partial charge in [0, 0.05) is 30.1 Å². The number of halogens is 3. The summed E-state index contributed by atoms with van der Waals surface area (Å²) in [7, 11) is 0. The maximum Gasteiger partial charge on any atom is 0.251 e. The quantitative estimate of drug-likeness (QED) is 0.867. The summed E-state index contributed by atoms with van der Waals surface area (Å²) in [4.78, 5) is 15.4. The molecule has 0 unspecified atom stereocenters. The largest absolute Gasteiger partial charge is 0.348 e. The van der Waals surface area contributed by atoms with E-state index in [2.05, 4.69) is 10.3 Å². The van der Waals surface area contributed by atoms with E-state index in [1.165, 1.54) is 24.5 Å². The molecule has 0 saturated carbocycles. The van der Waals surface area contributed by atoms with Crippen molar-refractivity contribution in [3.05, 3.63) is 65.2 Å². The van der Waals surface area contributed by atoms with Gasteiger partial charge >= 0.3 is 0 Å². The van der Waals surface area contributed by atoms with E-state index < -0.39 is 23.4 Å². The number of nitrogens with one attached hydrogen (secondary N) is 1. The molecular weight excluding hydrogens is 257 g/mol. The number of hydrogen-bond donors (Lipinski definition) is 1. The van der Waals surface area contributed by atoms with E-state index in [4.69, 9.17) is 0 Å². The highest BCUT2D eigenvalue weighted by atomic mass is 19.2. The molecule has 98 valence electrons. The maximum atomic E-state index is 13.3. The van der Waals surface area contributed by atoms with Gasteiger partial charge in [-0.2, -0.15) is 0 Å². The molecule has 0 bridgehead atoms. The molecule has 1 heterocycles. The molecule has 19 heavy (non-hydrogen) atoms. The SMILES string of the molecule is O=C(NCc1ccc(F)c(F)c1F)c1ccncc1. The van der Waals surface area contributed by atoms with Crippen molar-refractivity contribution >= 4 is 5.91 Å². The molecule has 0 fully saturated rings. The lowest BCUT2D eigenvalue weighted by molar-refractivity contribution is 0.0950. The highest BCUT2D eigenvalue weighted by Crippen LogP contribution is 2.15. The Balaban J connectivity index is 2.08. The van der Waals surface area contributed by atoms with Crippen molar-refractivity contribution in [2.75, 3.05) is 0 Å². The number of rotatable bonds is 3. The van der Waals surface area contributed by atoms with Crippen molar-refractivity contribution < 1.29 is 18.0 Å². The molecule has 1 N–H and O–H groups in total. The van der Waals surface area contributed by atoms with E-state index in [1.807, 2.05) is 0 Å². The molecule has 0 aliphatic heterocycles. The molecule has 0 aliphatic rings. The molecule has 0 aliphatic carbocycles. The number of carbonyl (C=O) groups is 1. The molecule has 1 aromatic heterocycles. The van der Waals surface area contributed by atoms with E-state index in [-0.39, 0.29) is 12.1 Å². The van der Waals surface area contributed by atoms with Crippen LogP contribution >= 0.6 is 0 Å². The third kappa shape index (κ3) is 2.90. The molecular formula is C13H9F3N2O. The molecule has 0 saturated heterocycles. The Morgan fingerprint density at radius 1 is 1.05 bits per heavy atom. The predicted molar refractivity (Wildman–Crippen MR) is 61.7 cm³/mol. The first-order valence-corrected chi connectivity index (χ1v) is 5.40. The highest BCUT2D eigenvalue weighted by molar-refractivity contribution is 5.93. The van der Waals surface area contributed by atoms with Crippen molar-refractivity contribution in [3.63, 3.8) is 0 Å². The Labute approximate surface area is 107 Å². The number of carbonyl (C=O) groups excluding carboxylic acids is 1. The van der Waals surface area contributed by atoms with Gasteiger partial charge in [0.15, 0.2) is 17.5 Å². The van der Waals surface area contributed by atoms with E-state index in [0.29, 0.717) is 5.56 Å². The van der Waals surface area contributed by atoms with Gasteiger partial charge < -0.3 is 5.32 Å². The minimum absolute atomic E-state index is 0.124. The molecule has 0 atom stereocenters. The average Bonchev–Trinajstić information content (AvgIpc) is 2.45. The van der Waals surface area contributed by atoms with Gasteiger partial charge in [-0.25, -0.2) is 13.2 Å². The van der Waals surface area contributed by atoms with Crippen molar-refractivity contribution in [2.45, 2.75) is 6.54 Å². The van der Waals surface area contributed by atoms with Crippen molar-refractivity contribution in [2.24, 2.45) is 0 Å². The summed E-state index contributed by atoms with van der Waals surface area (Å²) in [6.07, 6.45) is 2.88. The van der Waals surface area contributed by atoms with Crippen LogP contribution in [0.3, 0.4) is 0 Å². The summed E-state index contributed by atoms with van der Waals surface area (Å²) >= 11 is 0. The smallest absolute Gasteiger partial charge is 0.251 e. The number of amides is 1. The Hall–Kier alpha value is -2.37. The van der Waals surface area contributed by atoms with Crippen LogP contribution < -0.4 is 5.32 Å². The van der Waals surface area contributed by atoms with Crippen LogP contribution in [0.25, 0.3) is 0 Å². The molecule has 0 radical (unpaired) electrons. The Morgan fingerprint density at radius 3 is 2.42 bits per heavy atom. The number of nitrogens with zero attached hydrogens (tertiary/aromatic N) is 1. The fourth-order valence-corrected chi connectivity index (χ4v) is 1.48. The third-order valence-electron chi connectivity index (χ3n) is 2.50. The summed E-state index contributed by atoms with van der Waals surface area (Å²) in [5.74, 6) is -4.56. The fourth-order valence-electron chi connectivity index (χ4n) is 1.48. The van der Waals surface area contributed by atoms with E-state index in [9.17, 15) is 18.0 Å². The van der Waals surface area contributed by atoms with Crippen LogP contribution in [-0.2, 0) is 6.54 Å². The van der Waals surface area contributed by atoms with Gasteiger partial charge in [-0.15, -0.1) is 0 Å². The number of pyridine rings is 1. The monoisotopic (exact) mass is 266 g/mol. The molecule has 2 aromatic rings. The van der Waals surface area contributed by atoms with Gasteiger partial charge in [0.25, 0.3) is 5.91 Å². The first-order chi connectivity index (χ1) is 9.09. The second kappa shape index (κ2) is 5.51. The second-order valence-electron chi connectivity index (χ2n) is 3.75. The minimum Gasteiger partial charge on any atom is -0.348 e. The average molecular weight is 266 g/mol. The minimum atomic E-state index is -1.55. The molecule has 1 amide bonds. The van der Waals surface area contributed by atoms with Gasteiger partial charge in [0.2, 0.25) is 0 Å². The molecule has 2 rings (SSSR count). The number of benzene rings is 1. The van der Waals surface area contributed by atoms with Crippen LogP contribution in [0.15, 0.2) is 36.7 Å². The van der Waals surface area contributed by atoms with Crippen LogP contribution in [0.2, 0.25) is 0 Å². The third-order valence-corrected chi connectivity index (χ3v) is 2.50. The number of aromatic nitrogens is 1. The molecule has 0 spiro atoms. The summed E-state index contributed by atoms with van der Waals surface area (Å²) in [6.45, 7) is -0.232. The summed E-state index contributed by atoms with van der Waals surface area (Å²) in [5.41, 5.74) is 0.222. The lowest BCUT2D eigenvalue weighted by atomic mass is 10.2. The van der Waals surface area contributed by atoms with E-state index in [1.54, 1.807) is 0 Å². The summed E-state index contributed by atoms with van der Waals surface area (Å²) < 4.78 is 39.0. The Bertz CT molecular complexity index is 602. The molecule has 3 nitrogen and oxygen atoms in total. The zero-order valence-electron chi connectivity index (χ0n) is 9.66. The van der Waals surface area contributed by atoms with Gasteiger partial charge in [-0.3, -0.25) is 9.78 Å². The normalized spacial score (nSPS) is 10.3. The first-order valence-electron chi connectivity index (χ1n) is 5.40. The lowest BCUT2D eigenvalue weighted by Gasteiger charge is -2.07. The summed E-state index contributed by atoms with van der Waals surface area (Å²) in [5, 5.41) is 2.41. The zero-order chi connectivity index (χ0) is 13.8. The Morgan fingerprint density at radius 2 is 1.74 bits per heavy atom. The molecule has 6 heteroatoms. The fraction of sp³-hybridized carbons (Fsp3) is 0.0769. The maximum absolute atomic E-state index is 13.3. The predicted octanol–water partition coefficient (Wildman–Crippen LogP) is 2.43. The van der Waals surface area contributed by atoms with Gasteiger partial charge in [-0.05, 0) is 18.2 Å². The zero-order valence-corrected chi connectivity index (χ0v) is 9.66. The van der Waals surface area contributed by atoms with Crippen molar-refractivity contribution in [1.82, 2.24) is 10.3 Å². The topological polar surface area (TPSA) is 42.0 Å². The van der Waals surface area contributed by atoms with Gasteiger partial charge in [-0.1, -0.05) is 6.07 Å². The standard InChI is InChI=1S/C13H9F3N2O/c14-10-2-1-9(11(15)12(10)16)7-18-13(19)8-3-5-17-6-4-8/h1-6H,7H2,(H,18,19). The van der Waals surface area contributed by atoms with Crippen LogP contribution in [0.1, 0.15) is 15.9 Å². The van der Waals surface area contributed by atoms with E-state index in [0.717, 1.165) is 12.1 Å². The number of hydrogen-bond acceptors (Lipinski definition) is 2. The highest BCUT2D eigenvalue weighted by Gasteiger charge is 2.14. The second-order valence-corrected chi connectivity index (χ2v) is 3.75. The van der Waals surface area contributed by atoms with Gasteiger partial charge in [0.05, 0.1) is 0 Å². The van der Waals surface area contributed by atoms with Crippen molar-refractivity contribution in [3.8, 4) is 0 Å². The van der Waals surface area contributed by atoms with Crippen molar-refractivity contribution in [1.29, 1.82) is 0 Å². The van der Waals surface area contributed by atoms with Crippen LogP contribution in [0, 0.1) is 17.5 Å². The van der Waals surface area contributed by atoms with Crippen LogP contribution in [0.5, 0.6) is 0 Å². The van der Waals surface area contributed by atoms with E-state index >= 15 is 0 Å². The van der Waals surface area contributed by atoms with Crippen LogP contribution in [-0.4, -0.2) is 10.9 Å².